The summed E-state index contributed by atoms with van der Waals surface area (Å²) >= 11 is 0. The second-order valence-corrected chi connectivity index (χ2v) is 5.40. The topological polar surface area (TPSA) is 85.7 Å². The maximum atomic E-state index is 12.4. The first-order chi connectivity index (χ1) is 10.5. The molecule has 1 aliphatic rings. The summed E-state index contributed by atoms with van der Waals surface area (Å²) < 4.78 is 11.5. The fraction of sp³-hybridized carbons (Fsp3) is 0.643. The molecular weight excluding hydrogens is 288 g/mol. The molecule has 0 spiro atoms. The summed E-state index contributed by atoms with van der Waals surface area (Å²) in [6.07, 6.45) is 1.14. The molecule has 1 aliphatic heterocycles. The maximum absolute atomic E-state index is 12.4. The van der Waals surface area contributed by atoms with Crippen LogP contribution in [0, 0.1) is 12.8 Å². The first-order valence-electron chi connectivity index (χ1n) is 7.16. The Morgan fingerprint density at radius 1 is 1.41 bits per heavy atom. The molecular formula is C14H22N4O4. The van der Waals surface area contributed by atoms with Crippen LogP contribution in [0.15, 0.2) is 0 Å². The number of carbonyl (C=O) groups is 2. The number of hydrogen-bond acceptors (Lipinski definition) is 5. The monoisotopic (exact) mass is 310 g/mol. The summed E-state index contributed by atoms with van der Waals surface area (Å²) in [5.74, 6) is 0.297. The maximum Gasteiger partial charge on any atom is 0.322 e. The largest absolute Gasteiger partial charge is 0.478 e. The van der Waals surface area contributed by atoms with Crippen molar-refractivity contribution in [2.45, 2.75) is 19.8 Å². The average Bonchev–Trinajstić information content (AvgIpc) is 3.07. The standard InChI is InChI=1S/C14H22N4O4/c1-9-12(13(22-4)16-17(9)2)15-14(20)18-6-5-10(8-18)7-11(19)21-3/h10H,5-8H2,1-4H3,(H,15,20)/t10-/m0/s1. The van der Waals surface area contributed by atoms with Crippen LogP contribution in [0.3, 0.4) is 0 Å². The van der Waals surface area contributed by atoms with Crippen LogP contribution in [0.1, 0.15) is 18.5 Å². The molecule has 22 heavy (non-hydrogen) atoms. The number of amides is 2. The van der Waals surface area contributed by atoms with Crippen LogP contribution in [0.4, 0.5) is 10.5 Å². The van der Waals surface area contributed by atoms with Crippen LogP contribution in [0.25, 0.3) is 0 Å². The Morgan fingerprint density at radius 3 is 2.77 bits per heavy atom. The zero-order chi connectivity index (χ0) is 16.3. The van der Waals surface area contributed by atoms with Crippen molar-refractivity contribution in [2.24, 2.45) is 13.0 Å². The van der Waals surface area contributed by atoms with Crippen LogP contribution in [-0.4, -0.2) is 54.0 Å². The number of nitrogens with zero attached hydrogens (tertiary/aromatic N) is 3. The molecule has 0 saturated carbocycles. The minimum Gasteiger partial charge on any atom is -0.478 e. The van der Waals surface area contributed by atoms with E-state index in [1.807, 2.05) is 6.92 Å². The van der Waals surface area contributed by atoms with Crippen molar-refractivity contribution < 1.29 is 19.1 Å². The minimum absolute atomic E-state index is 0.148. The zero-order valence-electron chi connectivity index (χ0n) is 13.4. The molecule has 1 fully saturated rings. The number of urea groups is 1. The van der Waals surface area contributed by atoms with Gasteiger partial charge in [-0.25, -0.2) is 4.79 Å². The molecule has 1 N–H and O–H groups in total. The molecule has 2 rings (SSSR count). The van der Waals surface area contributed by atoms with Gasteiger partial charge in [0.1, 0.15) is 5.69 Å². The van der Waals surface area contributed by atoms with Crippen LogP contribution in [0.2, 0.25) is 0 Å². The summed E-state index contributed by atoms with van der Waals surface area (Å²) in [7, 11) is 4.68. The van der Waals surface area contributed by atoms with E-state index in [0.29, 0.717) is 31.1 Å². The van der Waals surface area contributed by atoms with Gasteiger partial charge in [0.15, 0.2) is 0 Å². The van der Waals surface area contributed by atoms with E-state index in [4.69, 9.17) is 4.74 Å². The highest BCUT2D eigenvalue weighted by molar-refractivity contribution is 5.91. The molecule has 1 saturated heterocycles. The van der Waals surface area contributed by atoms with E-state index in [9.17, 15) is 9.59 Å². The summed E-state index contributed by atoms with van der Waals surface area (Å²) in [6.45, 7) is 3.02. The van der Waals surface area contributed by atoms with Crippen LogP contribution < -0.4 is 10.1 Å². The minimum atomic E-state index is -0.239. The zero-order valence-corrected chi connectivity index (χ0v) is 13.4. The number of hydrogen-bond donors (Lipinski definition) is 1. The van der Waals surface area contributed by atoms with E-state index in [2.05, 4.69) is 15.2 Å². The number of rotatable bonds is 4. The smallest absolute Gasteiger partial charge is 0.322 e. The molecule has 1 atom stereocenters. The third-order valence-electron chi connectivity index (χ3n) is 3.98. The molecule has 0 bridgehead atoms. The first kappa shape index (κ1) is 16.1. The number of aryl methyl sites for hydroxylation is 1. The second kappa shape index (κ2) is 6.67. The number of carbonyl (C=O) groups excluding carboxylic acids is 2. The molecule has 1 aromatic rings. The summed E-state index contributed by atoms with van der Waals surface area (Å²) in [5.41, 5.74) is 1.39. The fourth-order valence-corrected chi connectivity index (χ4v) is 2.55. The van der Waals surface area contributed by atoms with Crippen molar-refractivity contribution in [2.75, 3.05) is 32.6 Å². The van der Waals surface area contributed by atoms with Crippen molar-refractivity contribution in [1.82, 2.24) is 14.7 Å². The highest BCUT2D eigenvalue weighted by Crippen LogP contribution is 2.28. The normalized spacial score (nSPS) is 17.5. The molecule has 122 valence electrons. The predicted octanol–water partition coefficient (Wildman–Crippen LogP) is 1.15. The van der Waals surface area contributed by atoms with Crippen molar-refractivity contribution in [1.29, 1.82) is 0 Å². The van der Waals surface area contributed by atoms with E-state index in [0.717, 1.165) is 12.1 Å². The van der Waals surface area contributed by atoms with Gasteiger partial charge in [0, 0.05) is 20.1 Å². The lowest BCUT2D eigenvalue weighted by Gasteiger charge is -2.17. The predicted molar refractivity (Wildman–Crippen MR) is 79.8 cm³/mol. The molecule has 8 heteroatoms. The molecule has 2 heterocycles. The van der Waals surface area contributed by atoms with E-state index in [1.54, 1.807) is 16.6 Å². The first-order valence-corrected chi connectivity index (χ1v) is 7.16. The Bertz CT molecular complexity index is 569. The van der Waals surface area contributed by atoms with E-state index >= 15 is 0 Å². The van der Waals surface area contributed by atoms with Gasteiger partial charge in [-0.1, -0.05) is 0 Å². The van der Waals surface area contributed by atoms with Crippen molar-refractivity contribution >= 4 is 17.7 Å². The summed E-state index contributed by atoms with van der Waals surface area (Å²) in [5, 5.41) is 7.02. The van der Waals surface area contributed by atoms with Gasteiger partial charge in [-0.05, 0) is 19.3 Å². The van der Waals surface area contributed by atoms with Crippen LogP contribution in [0.5, 0.6) is 5.88 Å². The van der Waals surface area contributed by atoms with Crippen molar-refractivity contribution in [3.63, 3.8) is 0 Å². The molecule has 2 amide bonds. The Labute approximate surface area is 129 Å². The molecule has 8 nitrogen and oxygen atoms in total. The number of anilines is 1. The lowest BCUT2D eigenvalue weighted by molar-refractivity contribution is -0.141. The van der Waals surface area contributed by atoms with Gasteiger partial charge in [0.2, 0.25) is 0 Å². The molecule has 0 unspecified atom stereocenters. The van der Waals surface area contributed by atoms with Gasteiger partial charge in [0.25, 0.3) is 5.88 Å². The van der Waals surface area contributed by atoms with Crippen LogP contribution in [-0.2, 0) is 16.6 Å². The van der Waals surface area contributed by atoms with Gasteiger partial charge >= 0.3 is 12.0 Å². The Hall–Kier alpha value is -2.25. The number of nitrogens with one attached hydrogen (secondary N) is 1. The van der Waals surface area contributed by atoms with Gasteiger partial charge in [-0.15, -0.1) is 5.10 Å². The van der Waals surface area contributed by atoms with Gasteiger partial charge in [0.05, 0.1) is 26.3 Å². The van der Waals surface area contributed by atoms with E-state index < -0.39 is 0 Å². The molecule has 0 aliphatic carbocycles. The van der Waals surface area contributed by atoms with Crippen molar-refractivity contribution in [3.05, 3.63) is 5.69 Å². The Morgan fingerprint density at radius 2 is 2.14 bits per heavy atom. The number of methoxy groups -OCH3 is 2. The number of aromatic nitrogens is 2. The highest BCUT2D eigenvalue weighted by atomic mass is 16.5. The Kier molecular flexibility index (Phi) is 4.89. The van der Waals surface area contributed by atoms with E-state index in [1.165, 1.54) is 14.2 Å². The highest BCUT2D eigenvalue weighted by Gasteiger charge is 2.29. The van der Waals surface area contributed by atoms with Gasteiger partial charge in [-0.2, -0.15) is 0 Å². The molecule has 0 radical (unpaired) electrons. The lowest BCUT2D eigenvalue weighted by atomic mass is 10.1. The fourth-order valence-electron chi connectivity index (χ4n) is 2.55. The lowest BCUT2D eigenvalue weighted by Crippen LogP contribution is -2.33. The second-order valence-electron chi connectivity index (χ2n) is 5.40. The quantitative estimate of drug-likeness (QED) is 0.843. The van der Waals surface area contributed by atoms with E-state index in [-0.39, 0.29) is 17.9 Å². The van der Waals surface area contributed by atoms with Crippen LogP contribution >= 0.6 is 0 Å². The third-order valence-corrected chi connectivity index (χ3v) is 3.98. The average molecular weight is 310 g/mol. The Balaban J connectivity index is 1.98. The van der Waals surface area contributed by atoms with Gasteiger partial charge in [-0.3, -0.25) is 9.48 Å². The molecule has 0 aromatic carbocycles. The molecule has 1 aromatic heterocycles. The van der Waals surface area contributed by atoms with Gasteiger partial charge < -0.3 is 19.7 Å². The number of esters is 1. The third kappa shape index (κ3) is 3.32. The SMILES string of the molecule is COC(=O)C[C@@H]1CCN(C(=O)Nc2c(OC)nn(C)c2C)C1. The summed E-state index contributed by atoms with van der Waals surface area (Å²) in [4.78, 5) is 25.3. The number of ether oxygens (including phenoxy) is 2. The number of likely N-dealkylation sites (tertiary alicyclic amines) is 1. The van der Waals surface area contributed by atoms with Crippen molar-refractivity contribution in [3.8, 4) is 5.88 Å². The summed E-state index contributed by atoms with van der Waals surface area (Å²) in [6, 6.07) is -0.207.